The van der Waals surface area contributed by atoms with E-state index in [4.69, 9.17) is 9.47 Å². The average molecular weight is 380 g/mol. The quantitative estimate of drug-likeness (QED) is 0.736. The second kappa shape index (κ2) is 8.91. The summed E-state index contributed by atoms with van der Waals surface area (Å²) in [5.41, 5.74) is 2.16. The number of rotatable bonds is 8. The summed E-state index contributed by atoms with van der Waals surface area (Å²) >= 11 is 3.57. The first-order valence-electron chi connectivity index (χ1n) is 7.52. The Bertz CT molecular complexity index is 617. The highest BCUT2D eigenvalue weighted by atomic mass is 79.9. The molecule has 0 aromatic heterocycles. The molecule has 0 spiro atoms. The number of hydrogen-bond acceptors (Lipinski definition) is 4. The molecule has 1 atom stereocenters. The number of methoxy groups -OCH3 is 1. The number of benzene rings is 2. The van der Waals surface area contributed by atoms with E-state index < -0.39 is 0 Å². The molecule has 5 heteroatoms. The van der Waals surface area contributed by atoms with Gasteiger partial charge in [-0.05, 0) is 30.2 Å². The maximum Gasteiger partial charge on any atom is 0.162 e. The number of aliphatic hydroxyl groups excluding tert-OH is 1. The number of nitrogens with one attached hydrogen (secondary N) is 1. The molecule has 124 valence electrons. The van der Waals surface area contributed by atoms with Gasteiger partial charge in [0.1, 0.15) is 6.61 Å². The minimum absolute atomic E-state index is 0.371. The van der Waals surface area contributed by atoms with Gasteiger partial charge in [0, 0.05) is 17.6 Å². The maximum atomic E-state index is 9.30. The largest absolute Gasteiger partial charge is 0.493 e. The predicted molar refractivity (Wildman–Crippen MR) is 94.9 cm³/mol. The molecule has 2 aromatic rings. The standard InChI is InChI=1S/C18H22BrNO3/c1-13(21)10-20-11-15-8-17(22-2)18(9-16(15)19)23-12-14-6-4-3-5-7-14/h3-9,13,20-21H,10-12H2,1-2H3. The van der Waals surface area contributed by atoms with Crippen LogP contribution < -0.4 is 14.8 Å². The summed E-state index contributed by atoms with van der Waals surface area (Å²) in [7, 11) is 1.63. The van der Waals surface area contributed by atoms with Crippen LogP contribution in [0, 0.1) is 0 Å². The van der Waals surface area contributed by atoms with E-state index >= 15 is 0 Å². The fourth-order valence-electron chi connectivity index (χ4n) is 2.14. The zero-order valence-corrected chi connectivity index (χ0v) is 15.0. The first kappa shape index (κ1) is 17.8. The van der Waals surface area contributed by atoms with Crippen LogP contribution in [0.1, 0.15) is 18.1 Å². The smallest absolute Gasteiger partial charge is 0.162 e. The molecule has 0 aliphatic carbocycles. The molecule has 0 bridgehead atoms. The van der Waals surface area contributed by atoms with E-state index in [1.165, 1.54) is 0 Å². The van der Waals surface area contributed by atoms with E-state index in [0.717, 1.165) is 15.6 Å². The summed E-state index contributed by atoms with van der Waals surface area (Å²) in [6.07, 6.45) is -0.371. The van der Waals surface area contributed by atoms with Gasteiger partial charge in [0.2, 0.25) is 0 Å². The van der Waals surface area contributed by atoms with Crippen molar-refractivity contribution < 1.29 is 14.6 Å². The molecule has 4 nitrogen and oxygen atoms in total. The van der Waals surface area contributed by atoms with Gasteiger partial charge in [-0.25, -0.2) is 0 Å². The van der Waals surface area contributed by atoms with Crippen LogP contribution in [0.15, 0.2) is 46.9 Å². The van der Waals surface area contributed by atoms with Gasteiger partial charge in [0.05, 0.1) is 13.2 Å². The third-order valence-electron chi connectivity index (χ3n) is 3.33. The third kappa shape index (κ3) is 5.53. The van der Waals surface area contributed by atoms with Gasteiger partial charge in [-0.3, -0.25) is 0 Å². The van der Waals surface area contributed by atoms with Crippen LogP contribution in [-0.4, -0.2) is 24.9 Å². The van der Waals surface area contributed by atoms with E-state index in [9.17, 15) is 5.11 Å². The Balaban J connectivity index is 2.06. The molecule has 2 N–H and O–H groups in total. The molecule has 2 aromatic carbocycles. The Morgan fingerprint density at radius 3 is 2.57 bits per heavy atom. The molecule has 0 fully saturated rings. The van der Waals surface area contributed by atoms with Crippen molar-refractivity contribution in [1.82, 2.24) is 5.32 Å². The molecule has 0 saturated carbocycles. The van der Waals surface area contributed by atoms with Crippen molar-refractivity contribution >= 4 is 15.9 Å². The van der Waals surface area contributed by atoms with Gasteiger partial charge in [-0.1, -0.05) is 46.3 Å². The van der Waals surface area contributed by atoms with Crippen LogP contribution in [0.5, 0.6) is 11.5 Å². The Kier molecular flexibility index (Phi) is 6.89. The minimum Gasteiger partial charge on any atom is -0.493 e. The molecule has 0 aliphatic heterocycles. The highest BCUT2D eigenvalue weighted by Crippen LogP contribution is 2.34. The summed E-state index contributed by atoms with van der Waals surface area (Å²) in [4.78, 5) is 0. The molecule has 2 rings (SSSR count). The van der Waals surface area contributed by atoms with Crippen LogP contribution in [-0.2, 0) is 13.2 Å². The predicted octanol–water partition coefficient (Wildman–Crippen LogP) is 3.51. The van der Waals surface area contributed by atoms with Crippen LogP contribution in [0.4, 0.5) is 0 Å². The molecule has 23 heavy (non-hydrogen) atoms. The van der Waals surface area contributed by atoms with Gasteiger partial charge in [-0.2, -0.15) is 0 Å². The molecule has 1 unspecified atom stereocenters. The van der Waals surface area contributed by atoms with Crippen LogP contribution >= 0.6 is 15.9 Å². The Morgan fingerprint density at radius 2 is 1.91 bits per heavy atom. The molecule has 0 aliphatic rings. The maximum absolute atomic E-state index is 9.30. The van der Waals surface area contributed by atoms with E-state index in [1.807, 2.05) is 42.5 Å². The van der Waals surface area contributed by atoms with Crippen molar-refractivity contribution in [3.8, 4) is 11.5 Å². The van der Waals surface area contributed by atoms with Crippen molar-refractivity contribution in [1.29, 1.82) is 0 Å². The van der Waals surface area contributed by atoms with Crippen LogP contribution in [0.2, 0.25) is 0 Å². The minimum atomic E-state index is -0.371. The lowest BCUT2D eigenvalue weighted by Gasteiger charge is -2.15. The molecule has 0 radical (unpaired) electrons. The highest BCUT2D eigenvalue weighted by Gasteiger charge is 2.11. The summed E-state index contributed by atoms with van der Waals surface area (Å²) in [6, 6.07) is 13.9. The fraction of sp³-hybridized carbons (Fsp3) is 0.333. The summed E-state index contributed by atoms with van der Waals surface area (Å²) in [5, 5.41) is 12.5. The lowest BCUT2D eigenvalue weighted by molar-refractivity contribution is 0.191. The van der Waals surface area contributed by atoms with Gasteiger partial charge >= 0.3 is 0 Å². The van der Waals surface area contributed by atoms with Crippen molar-refractivity contribution in [2.75, 3.05) is 13.7 Å². The van der Waals surface area contributed by atoms with E-state index in [0.29, 0.717) is 31.2 Å². The Morgan fingerprint density at radius 1 is 1.17 bits per heavy atom. The zero-order chi connectivity index (χ0) is 16.7. The van der Waals surface area contributed by atoms with Crippen molar-refractivity contribution in [3.63, 3.8) is 0 Å². The number of halogens is 1. The topological polar surface area (TPSA) is 50.7 Å². The average Bonchev–Trinajstić information content (AvgIpc) is 2.55. The normalized spacial score (nSPS) is 12.0. The number of ether oxygens (including phenoxy) is 2. The summed E-state index contributed by atoms with van der Waals surface area (Å²) in [5.74, 6) is 1.39. The van der Waals surface area contributed by atoms with Crippen molar-refractivity contribution in [3.05, 3.63) is 58.1 Å². The number of aliphatic hydroxyl groups is 1. The second-order valence-electron chi connectivity index (χ2n) is 5.35. The molecule has 0 saturated heterocycles. The summed E-state index contributed by atoms with van der Waals surface area (Å²) in [6.45, 7) is 3.42. The summed E-state index contributed by atoms with van der Waals surface area (Å²) < 4.78 is 12.3. The second-order valence-corrected chi connectivity index (χ2v) is 6.20. The monoisotopic (exact) mass is 379 g/mol. The van der Waals surface area contributed by atoms with Crippen LogP contribution in [0.3, 0.4) is 0 Å². The van der Waals surface area contributed by atoms with Gasteiger partial charge in [-0.15, -0.1) is 0 Å². The Hall–Kier alpha value is -1.56. The first-order chi connectivity index (χ1) is 11.1. The van der Waals surface area contributed by atoms with Crippen molar-refractivity contribution in [2.24, 2.45) is 0 Å². The third-order valence-corrected chi connectivity index (χ3v) is 4.06. The first-order valence-corrected chi connectivity index (χ1v) is 8.31. The van der Waals surface area contributed by atoms with Crippen molar-refractivity contribution in [2.45, 2.75) is 26.2 Å². The van der Waals surface area contributed by atoms with Gasteiger partial charge in [0.25, 0.3) is 0 Å². The fourth-order valence-corrected chi connectivity index (χ4v) is 2.60. The molecular formula is C18H22BrNO3. The lowest BCUT2D eigenvalue weighted by Crippen LogP contribution is -2.24. The van der Waals surface area contributed by atoms with E-state index in [-0.39, 0.29) is 6.10 Å². The van der Waals surface area contributed by atoms with Crippen LogP contribution in [0.25, 0.3) is 0 Å². The SMILES string of the molecule is COc1cc(CNCC(C)O)c(Br)cc1OCc1ccccc1. The molecule has 0 amide bonds. The van der Waals surface area contributed by atoms with E-state index in [2.05, 4.69) is 21.2 Å². The lowest BCUT2D eigenvalue weighted by atomic mass is 10.2. The zero-order valence-electron chi connectivity index (χ0n) is 13.4. The molecule has 0 heterocycles. The molecular weight excluding hydrogens is 358 g/mol. The van der Waals surface area contributed by atoms with Gasteiger partial charge < -0.3 is 19.9 Å². The Labute approximate surface area is 145 Å². The number of hydrogen-bond donors (Lipinski definition) is 2. The van der Waals surface area contributed by atoms with Gasteiger partial charge in [0.15, 0.2) is 11.5 Å². The highest BCUT2D eigenvalue weighted by molar-refractivity contribution is 9.10. The van der Waals surface area contributed by atoms with E-state index in [1.54, 1.807) is 14.0 Å².